The number of hydrogen-bond donors (Lipinski definition) is 1. The number of hydrogen-bond acceptors (Lipinski definition) is 8. The average molecular weight is 359 g/mol. The zero-order valence-electron chi connectivity index (χ0n) is 13.1. The Balaban J connectivity index is 1.68. The number of nitro groups is 1. The van der Waals surface area contributed by atoms with Crippen molar-refractivity contribution in [2.24, 2.45) is 0 Å². The number of amides is 1. The van der Waals surface area contributed by atoms with Crippen LogP contribution < -0.4 is 5.32 Å². The lowest BCUT2D eigenvalue weighted by atomic mass is 10.3. The maximum atomic E-state index is 12.1. The molecule has 0 radical (unpaired) electrons. The Hall–Kier alpha value is -3.08. The maximum absolute atomic E-state index is 12.1. The van der Waals surface area contributed by atoms with Crippen molar-refractivity contribution in [3.63, 3.8) is 0 Å². The third-order valence-electron chi connectivity index (χ3n) is 3.25. The molecule has 3 rings (SSSR count). The van der Waals surface area contributed by atoms with E-state index in [0.717, 1.165) is 0 Å². The van der Waals surface area contributed by atoms with E-state index in [1.807, 2.05) is 6.92 Å². The van der Waals surface area contributed by atoms with Crippen LogP contribution in [0.25, 0.3) is 11.2 Å². The van der Waals surface area contributed by atoms with Crippen molar-refractivity contribution in [3.05, 3.63) is 40.7 Å². The molecular weight excluding hydrogens is 346 g/mol. The molecule has 10 nitrogen and oxygen atoms in total. The highest BCUT2D eigenvalue weighted by Gasteiger charge is 2.13. The summed E-state index contributed by atoms with van der Waals surface area (Å²) in [6.45, 7) is 2.56. The molecule has 128 valence electrons. The van der Waals surface area contributed by atoms with E-state index in [-0.39, 0.29) is 17.3 Å². The number of aryl methyl sites for hydroxylation is 1. The largest absolute Gasteiger partial charge is 0.325 e. The standard InChI is InChI=1S/C14H13N7O3S/c1-2-20-13-12(18-19-20)14(16-8-15-13)25-7-11(22)17-9-4-3-5-10(6-9)21(23)24/h3-6,8H,2,7H2,1H3,(H,17,22). The van der Waals surface area contributed by atoms with Crippen molar-refractivity contribution in [2.45, 2.75) is 18.5 Å². The van der Waals surface area contributed by atoms with E-state index in [1.165, 1.54) is 36.3 Å². The summed E-state index contributed by atoms with van der Waals surface area (Å²) in [5.74, 6) is -0.228. The molecule has 1 N–H and O–H groups in total. The molecule has 2 heterocycles. The molecular formula is C14H13N7O3S. The zero-order valence-corrected chi connectivity index (χ0v) is 13.9. The predicted molar refractivity (Wildman–Crippen MR) is 91.2 cm³/mol. The van der Waals surface area contributed by atoms with Crippen LogP contribution in [0.1, 0.15) is 6.92 Å². The number of carbonyl (C=O) groups excluding carboxylic acids is 1. The number of nitrogens with zero attached hydrogens (tertiary/aromatic N) is 6. The molecule has 25 heavy (non-hydrogen) atoms. The van der Waals surface area contributed by atoms with Gasteiger partial charge in [0.15, 0.2) is 11.2 Å². The van der Waals surface area contributed by atoms with Gasteiger partial charge in [-0.05, 0) is 13.0 Å². The van der Waals surface area contributed by atoms with Gasteiger partial charge in [-0.2, -0.15) is 0 Å². The van der Waals surface area contributed by atoms with Crippen LogP contribution in [0.5, 0.6) is 0 Å². The number of anilines is 1. The van der Waals surface area contributed by atoms with E-state index >= 15 is 0 Å². The summed E-state index contributed by atoms with van der Waals surface area (Å²) in [5.41, 5.74) is 1.43. The molecule has 0 aliphatic carbocycles. The number of fused-ring (bicyclic) bond motifs is 1. The van der Waals surface area contributed by atoms with Gasteiger partial charge >= 0.3 is 0 Å². The average Bonchev–Trinajstić information content (AvgIpc) is 3.04. The van der Waals surface area contributed by atoms with Crippen molar-refractivity contribution in [1.82, 2.24) is 25.0 Å². The number of nitrogens with one attached hydrogen (secondary N) is 1. The highest BCUT2D eigenvalue weighted by molar-refractivity contribution is 8.00. The molecule has 0 fully saturated rings. The van der Waals surface area contributed by atoms with Gasteiger partial charge in [-0.3, -0.25) is 14.9 Å². The third kappa shape index (κ3) is 3.71. The second-order valence-electron chi connectivity index (χ2n) is 4.90. The summed E-state index contributed by atoms with van der Waals surface area (Å²) in [6.07, 6.45) is 1.40. The molecule has 1 amide bonds. The fourth-order valence-electron chi connectivity index (χ4n) is 2.12. The Labute approximate surface area is 145 Å². The molecule has 3 aromatic rings. The fourth-order valence-corrected chi connectivity index (χ4v) is 2.85. The summed E-state index contributed by atoms with van der Waals surface area (Å²) in [5, 5.41) is 22.0. The number of benzene rings is 1. The van der Waals surface area contributed by atoms with Crippen LogP contribution in [0.4, 0.5) is 11.4 Å². The highest BCUT2D eigenvalue weighted by Crippen LogP contribution is 2.23. The summed E-state index contributed by atoms with van der Waals surface area (Å²) >= 11 is 1.20. The smallest absolute Gasteiger partial charge is 0.271 e. The zero-order chi connectivity index (χ0) is 17.8. The molecule has 0 aliphatic heterocycles. The molecule has 2 aromatic heterocycles. The molecule has 0 aliphatic rings. The van der Waals surface area contributed by atoms with Crippen molar-refractivity contribution in [2.75, 3.05) is 11.1 Å². The molecule has 11 heteroatoms. The fraction of sp³-hybridized carbons (Fsp3) is 0.214. The van der Waals surface area contributed by atoms with Gasteiger partial charge in [0, 0.05) is 24.4 Å². The van der Waals surface area contributed by atoms with E-state index in [4.69, 9.17) is 0 Å². The van der Waals surface area contributed by atoms with Gasteiger partial charge in [0.1, 0.15) is 11.4 Å². The number of non-ortho nitro benzene ring substituents is 1. The first-order valence-electron chi connectivity index (χ1n) is 7.29. The molecule has 0 spiro atoms. The van der Waals surface area contributed by atoms with Crippen LogP contribution in [-0.2, 0) is 11.3 Å². The van der Waals surface area contributed by atoms with Crippen molar-refractivity contribution in [1.29, 1.82) is 0 Å². The Morgan fingerprint density at radius 3 is 3.00 bits per heavy atom. The molecule has 0 unspecified atom stereocenters. The Bertz CT molecular complexity index is 943. The van der Waals surface area contributed by atoms with Crippen LogP contribution in [0.15, 0.2) is 35.6 Å². The lowest BCUT2D eigenvalue weighted by molar-refractivity contribution is -0.384. The van der Waals surface area contributed by atoms with Crippen molar-refractivity contribution in [3.8, 4) is 0 Å². The maximum Gasteiger partial charge on any atom is 0.271 e. The Morgan fingerprint density at radius 2 is 2.24 bits per heavy atom. The Morgan fingerprint density at radius 1 is 1.40 bits per heavy atom. The summed E-state index contributed by atoms with van der Waals surface area (Å²) < 4.78 is 1.64. The summed E-state index contributed by atoms with van der Waals surface area (Å²) in [7, 11) is 0. The van der Waals surface area contributed by atoms with Gasteiger partial charge in [-0.15, -0.1) is 5.10 Å². The van der Waals surface area contributed by atoms with E-state index in [9.17, 15) is 14.9 Å². The molecule has 0 atom stereocenters. The number of aromatic nitrogens is 5. The quantitative estimate of drug-likeness (QED) is 0.306. The van der Waals surface area contributed by atoms with Crippen LogP contribution in [0.3, 0.4) is 0 Å². The van der Waals surface area contributed by atoms with E-state index in [2.05, 4.69) is 25.6 Å². The van der Waals surface area contributed by atoms with Gasteiger partial charge in [0.25, 0.3) is 5.69 Å². The van der Waals surface area contributed by atoms with Gasteiger partial charge in [0.2, 0.25) is 5.91 Å². The summed E-state index contributed by atoms with van der Waals surface area (Å²) in [6, 6.07) is 5.76. The van der Waals surface area contributed by atoms with Gasteiger partial charge in [-0.1, -0.05) is 23.0 Å². The SMILES string of the molecule is CCn1nnc2c(SCC(=O)Nc3cccc([N+](=O)[O-])c3)ncnc21. The number of carbonyl (C=O) groups is 1. The number of rotatable bonds is 6. The number of thioether (sulfide) groups is 1. The minimum atomic E-state index is -0.515. The van der Waals surface area contributed by atoms with E-state index in [1.54, 1.807) is 10.7 Å². The Kier molecular flexibility index (Phi) is 4.84. The minimum Gasteiger partial charge on any atom is -0.325 e. The molecule has 1 aromatic carbocycles. The monoisotopic (exact) mass is 359 g/mol. The van der Waals surface area contributed by atoms with Crippen LogP contribution in [0.2, 0.25) is 0 Å². The predicted octanol–water partition coefficient (Wildman–Crippen LogP) is 1.88. The number of nitro benzene ring substituents is 1. The van der Waals surface area contributed by atoms with Crippen LogP contribution in [0, 0.1) is 10.1 Å². The van der Waals surface area contributed by atoms with Gasteiger partial charge in [-0.25, -0.2) is 14.6 Å². The van der Waals surface area contributed by atoms with Crippen LogP contribution in [-0.4, -0.2) is 41.5 Å². The summed E-state index contributed by atoms with van der Waals surface area (Å²) in [4.78, 5) is 30.6. The first kappa shape index (κ1) is 16.8. The lowest BCUT2D eigenvalue weighted by Gasteiger charge is -2.05. The molecule has 0 saturated heterocycles. The third-order valence-corrected chi connectivity index (χ3v) is 4.23. The van der Waals surface area contributed by atoms with Gasteiger partial charge in [0.05, 0.1) is 10.7 Å². The second kappa shape index (κ2) is 7.21. The minimum absolute atomic E-state index is 0.0772. The second-order valence-corrected chi connectivity index (χ2v) is 5.86. The first-order chi connectivity index (χ1) is 12.1. The molecule has 0 bridgehead atoms. The molecule has 0 saturated carbocycles. The van der Waals surface area contributed by atoms with E-state index < -0.39 is 4.92 Å². The van der Waals surface area contributed by atoms with E-state index in [0.29, 0.717) is 28.4 Å². The normalized spacial score (nSPS) is 10.8. The topological polar surface area (TPSA) is 129 Å². The van der Waals surface area contributed by atoms with Crippen LogP contribution >= 0.6 is 11.8 Å². The lowest BCUT2D eigenvalue weighted by Crippen LogP contribution is -2.14. The van der Waals surface area contributed by atoms with Crippen molar-refractivity contribution >= 4 is 40.2 Å². The first-order valence-corrected chi connectivity index (χ1v) is 8.28. The van der Waals surface area contributed by atoms with Crippen molar-refractivity contribution < 1.29 is 9.72 Å². The highest BCUT2D eigenvalue weighted by atomic mass is 32.2. The van der Waals surface area contributed by atoms with Gasteiger partial charge < -0.3 is 5.32 Å².